The molecule has 0 radical (unpaired) electrons. The highest BCUT2D eigenvalue weighted by Crippen LogP contribution is 2.07. The minimum atomic E-state index is 1.02. The van der Waals surface area contributed by atoms with Gasteiger partial charge < -0.3 is 4.48 Å². The minimum absolute atomic E-state index is 1.02. The molecule has 0 N–H and O–H groups in total. The van der Waals surface area contributed by atoms with Crippen molar-refractivity contribution < 1.29 is 4.48 Å². The Hall–Kier alpha value is -1.08. The fourth-order valence-corrected chi connectivity index (χ4v) is 1.28. The lowest BCUT2D eigenvalue weighted by Crippen LogP contribution is -2.36. The largest absolute Gasteiger partial charge is 0.331 e. The lowest BCUT2D eigenvalue weighted by molar-refractivity contribution is -0.870. The van der Waals surface area contributed by atoms with E-state index in [2.05, 4.69) is 52.0 Å². The summed E-state index contributed by atoms with van der Waals surface area (Å²) in [5.41, 5.74) is 2.60. The van der Waals surface area contributed by atoms with Crippen molar-refractivity contribution >= 4 is 6.08 Å². The molecule has 0 spiro atoms. The summed E-state index contributed by atoms with van der Waals surface area (Å²) in [5, 5.41) is 0. The maximum atomic E-state index is 3.74. The van der Waals surface area contributed by atoms with Gasteiger partial charge in [-0.1, -0.05) is 36.9 Å². The van der Waals surface area contributed by atoms with Gasteiger partial charge in [0.2, 0.25) is 0 Å². The summed E-state index contributed by atoms with van der Waals surface area (Å²) >= 11 is 0. The monoisotopic (exact) mass is 190 g/mol. The van der Waals surface area contributed by atoms with Crippen molar-refractivity contribution in [3.63, 3.8) is 0 Å². The number of hydrogen-bond acceptors (Lipinski definition) is 0. The molecule has 1 aromatic rings. The molecule has 0 fully saturated rings. The Morgan fingerprint density at radius 3 is 2.14 bits per heavy atom. The van der Waals surface area contributed by atoms with Crippen LogP contribution in [-0.4, -0.2) is 32.2 Å². The van der Waals surface area contributed by atoms with Crippen molar-refractivity contribution in [2.75, 3.05) is 27.7 Å². The summed E-state index contributed by atoms with van der Waals surface area (Å²) in [6, 6.07) is 8.62. The molecule has 76 valence electrons. The summed E-state index contributed by atoms with van der Waals surface area (Å²) in [5.74, 6) is 0. The fraction of sp³-hybridized carbons (Fsp3) is 0.385. The molecule has 1 aromatic carbocycles. The Morgan fingerprint density at radius 1 is 1.14 bits per heavy atom. The number of benzene rings is 1. The van der Waals surface area contributed by atoms with Crippen LogP contribution in [0.5, 0.6) is 0 Å². The summed E-state index contributed by atoms with van der Waals surface area (Å²) in [7, 11) is 6.66. The van der Waals surface area contributed by atoms with E-state index in [1.165, 1.54) is 17.7 Å². The van der Waals surface area contributed by atoms with Gasteiger partial charge in [-0.15, -0.1) is 0 Å². The van der Waals surface area contributed by atoms with Gasteiger partial charge in [0.15, 0.2) is 0 Å². The third-order valence-corrected chi connectivity index (χ3v) is 2.29. The van der Waals surface area contributed by atoms with Gasteiger partial charge in [0.1, 0.15) is 0 Å². The van der Waals surface area contributed by atoms with Crippen molar-refractivity contribution in [2.24, 2.45) is 0 Å². The summed E-state index contributed by atoms with van der Waals surface area (Å²) in [6.45, 7) is 4.92. The number of quaternary nitrogens is 1. The lowest BCUT2D eigenvalue weighted by atomic mass is 10.1. The molecule has 0 aliphatic heterocycles. The Kier molecular flexibility index (Phi) is 3.48. The SMILES string of the molecule is C=Cc1ccc(CC[N+](C)(C)C)cc1. The van der Waals surface area contributed by atoms with Crippen LogP contribution in [-0.2, 0) is 6.42 Å². The van der Waals surface area contributed by atoms with E-state index in [-0.39, 0.29) is 0 Å². The van der Waals surface area contributed by atoms with Gasteiger partial charge in [-0.3, -0.25) is 0 Å². The highest BCUT2D eigenvalue weighted by atomic mass is 15.3. The molecule has 1 nitrogen and oxygen atoms in total. The molecule has 0 amide bonds. The van der Waals surface area contributed by atoms with Crippen molar-refractivity contribution in [1.29, 1.82) is 0 Å². The molecule has 0 saturated carbocycles. The molecule has 0 heterocycles. The molecule has 0 saturated heterocycles. The highest BCUT2D eigenvalue weighted by Gasteiger charge is 2.06. The smallest absolute Gasteiger partial charge is 0.0821 e. The molecule has 0 aliphatic carbocycles. The first kappa shape index (κ1) is 11.0. The second-order valence-corrected chi connectivity index (χ2v) is 4.71. The first-order chi connectivity index (χ1) is 6.51. The first-order valence-electron chi connectivity index (χ1n) is 5.03. The topological polar surface area (TPSA) is 0 Å². The van der Waals surface area contributed by atoms with Crippen LogP contribution in [0, 0.1) is 0 Å². The van der Waals surface area contributed by atoms with Crippen LogP contribution >= 0.6 is 0 Å². The third kappa shape index (κ3) is 3.75. The Balaban J connectivity index is 2.56. The minimum Gasteiger partial charge on any atom is -0.331 e. The Morgan fingerprint density at radius 2 is 1.71 bits per heavy atom. The molecular weight excluding hydrogens is 170 g/mol. The molecule has 1 rings (SSSR count). The number of rotatable bonds is 4. The van der Waals surface area contributed by atoms with Crippen LogP contribution in [0.4, 0.5) is 0 Å². The lowest BCUT2D eigenvalue weighted by Gasteiger charge is -2.23. The predicted octanol–water partition coefficient (Wildman–Crippen LogP) is 2.58. The van der Waals surface area contributed by atoms with Gasteiger partial charge in [0.05, 0.1) is 27.7 Å². The van der Waals surface area contributed by atoms with Gasteiger partial charge >= 0.3 is 0 Å². The molecule has 1 heteroatoms. The maximum absolute atomic E-state index is 3.74. The quantitative estimate of drug-likeness (QED) is 0.640. The van der Waals surface area contributed by atoms with Crippen LogP contribution in [0.15, 0.2) is 30.8 Å². The second kappa shape index (κ2) is 4.43. The third-order valence-electron chi connectivity index (χ3n) is 2.29. The standard InChI is InChI=1S/C13H20N/c1-5-12-6-8-13(9-7-12)10-11-14(2,3)4/h5-9H,1,10-11H2,2-4H3/q+1. The molecular formula is C13H20N+. The van der Waals surface area contributed by atoms with Crippen LogP contribution < -0.4 is 0 Å². The average molecular weight is 190 g/mol. The van der Waals surface area contributed by atoms with Crippen molar-refractivity contribution in [3.05, 3.63) is 42.0 Å². The van der Waals surface area contributed by atoms with Gasteiger partial charge in [-0.25, -0.2) is 0 Å². The molecule has 0 aliphatic rings. The second-order valence-electron chi connectivity index (χ2n) is 4.71. The van der Waals surface area contributed by atoms with E-state index in [1.54, 1.807) is 0 Å². The number of nitrogens with zero attached hydrogens (tertiary/aromatic N) is 1. The van der Waals surface area contributed by atoms with Crippen molar-refractivity contribution in [1.82, 2.24) is 0 Å². The average Bonchev–Trinajstić information content (AvgIpc) is 2.14. The van der Waals surface area contributed by atoms with Crippen molar-refractivity contribution in [2.45, 2.75) is 6.42 Å². The van der Waals surface area contributed by atoms with E-state index in [0.29, 0.717) is 0 Å². The van der Waals surface area contributed by atoms with E-state index in [1.807, 2.05) is 6.08 Å². The van der Waals surface area contributed by atoms with Crippen LogP contribution in [0.1, 0.15) is 11.1 Å². The number of likely N-dealkylation sites (N-methyl/N-ethyl adjacent to an activating group) is 1. The van der Waals surface area contributed by atoms with Gasteiger partial charge in [0, 0.05) is 6.42 Å². The van der Waals surface area contributed by atoms with Crippen molar-refractivity contribution in [3.8, 4) is 0 Å². The maximum Gasteiger partial charge on any atom is 0.0821 e. The molecule has 0 aromatic heterocycles. The van der Waals surface area contributed by atoms with Gasteiger partial charge in [-0.2, -0.15) is 0 Å². The summed E-state index contributed by atoms with van der Waals surface area (Å²) < 4.78 is 1.02. The summed E-state index contributed by atoms with van der Waals surface area (Å²) in [4.78, 5) is 0. The zero-order valence-corrected chi connectivity index (χ0v) is 9.46. The van der Waals surface area contributed by atoms with Crippen LogP contribution in [0.25, 0.3) is 6.08 Å². The Bertz CT molecular complexity index is 290. The fourth-order valence-electron chi connectivity index (χ4n) is 1.28. The normalized spacial score (nSPS) is 11.4. The van der Waals surface area contributed by atoms with Gasteiger partial charge in [-0.05, 0) is 11.1 Å². The zero-order chi connectivity index (χ0) is 10.6. The van der Waals surface area contributed by atoms with E-state index >= 15 is 0 Å². The summed E-state index contributed by atoms with van der Waals surface area (Å²) in [6.07, 6.45) is 3.02. The molecule has 0 bridgehead atoms. The number of hydrogen-bond donors (Lipinski definition) is 0. The van der Waals surface area contributed by atoms with E-state index in [4.69, 9.17) is 0 Å². The van der Waals surface area contributed by atoms with Crippen LogP contribution in [0.2, 0.25) is 0 Å². The predicted molar refractivity (Wildman–Crippen MR) is 63.1 cm³/mol. The highest BCUT2D eigenvalue weighted by molar-refractivity contribution is 5.47. The first-order valence-corrected chi connectivity index (χ1v) is 5.03. The van der Waals surface area contributed by atoms with Gasteiger partial charge in [0.25, 0.3) is 0 Å². The van der Waals surface area contributed by atoms with E-state index in [9.17, 15) is 0 Å². The van der Waals surface area contributed by atoms with E-state index in [0.717, 1.165) is 10.9 Å². The van der Waals surface area contributed by atoms with Crippen LogP contribution in [0.3, 0.4) is 0 Å². The molecule has 0 atom stereocenters. The zero-order valence-electron chi connectivity index (χ0n) is 9.46. The Labute approximate surface area is 87.3 Å². The van der Waals surface area contributed by atoms with E-state index < -0.39 is 0 Å². The molecule has 14 heavy (non-hydrogen) atoms. The molecule has 0 unspecified atom stereocenters.